The van der Waals surface area contributed by atoms with Crippen molar-refractivity contribution >= 4 is 17.4 Å². The van der Waals surface area contributed by atoms with Crippen molar-refractivity contribution in [1.82, 2.24) is 4.90 Å². The van der Waals surface area contributed by atoms with Crippen LogP contribution in [-0.2, 0) is 27.2 Å². The zero-order valence-electron chi connectivity index (χ0n) is 18.6. The maximum absolute atomic E-state index is 13.1. The molecule has 1 aliphatic carbocycles. The molecule has 1 N–H and O–H groups in total. The lowest BCUT2D eigenvalue weighted by Gasteiger charge is -2.25. The van der Waals surface area contributed by atoms with Gasteiger partial charge in [0.25, 0.3) is 11.7 Å². The van der Waals surface area contributed by atoms with Crippen LogP contribution >= 0.6 is 0 Å². The van der Waals surface area contributed by atoms with E-state index in [0.717, 1.165) is 24.8 Å². The van der Waals surface area contributed by atoms with Crippen molar-refractivity contribution in [2.24, 2.45) is 0 Å². The molecule has 6 heteroatoms. The monoisotopic (exact) mass is 435 g/mol. The lowest BCUT2D eigenvalue weighted by molar-refractivity contribution is -0.140. The van der Waals surface area contributed by atoms with Crippen LogP contribution in [0.1, 0.15) is 47.6 Å². The van der Waals surface area contributed by atoms with Crippen molar-refractivity contribution in [1.29, 1.82) is 0 Å². The van der Waals surface area contributed by atoms with Gasteiger partial charge in [0.2, 0.25) is 0 Å². The van der Waals surface area contributed by atoms with E-state index in [4.69, 9.17) is 9.47 Å². The van der Waals surface area contributed by atoms with E-state index in [1.165, 1.54) is 22.4 Å². The molecule has 4 rings (SSSR count). The average molecular weight is 436 g/mol. The molecule has 1 saturated heterocycles. The van der Waals surface area contributed by atoms with Crippen LogP contribution < -0.4 is 4.74 Å². The number of amides is 1. The summed E-state index contributed by atoms with van der Waals surface area (Å²) in [6, 6.07) is 12.4. The number of nitrogens with zero attached hydrogens (tertiary/aromatic N) is 1. The molecule has 6 nitrogen and oxygen atoms in total. The number of Topliss-reactive ketones (excluding diaryl/α,β-unsaturated/α-hetero) is 1. The third kappa shape index (κ3) is 4.15. The Hall–Kier alpha value is -3.12. The molecule has 168 valence electrons. The number of aliphatic hydroxyl groups is 1. The smallest absolute Gasteiger partial charge is 0.295 e. The summed E-state index contributed by atoms with van der Waals surface area (Å²) in [6.45, 7) is 0.833. The maximum atomic E-state index is 13.1. The predicted molar refractivity (Wildman–Crippen MR) is 122 cm³/mol. The van der Waals surface area contributed by atoms with Gasteiger partial charge in [-0.15, -0.1) is 0 Å². The van der Waals surface area contributed by atoms with E-state index in [-0.39, 0.29) is 11.3 Å². The summed E-state index contributed by atoms with van der Waals surface area (Å²) in [6.07, 6.45) is 4.88. The number of carbonyl (C=O) groups is 2. The Morgan fingerprint density at radius 1 is 1.03 bits per heavy atom. The quantitative estimate of drug-likeness (QED) is 0.308. The molecule has 1 unspecified atom stereocenters. The fraction of sp³-hybridized carbons (Fsp3) is 0.385. The zero-order valence-corrected chi connectivity index (χ0v) is 18.6. The van der Waals surface area contributed by atoms with Gasteiger partial charge in [-0.1, -0.05) is 24.3 Å². The molecular formula is C26H29NO5. The highest BCUT2D eigenvalue weighted by Gasteiger charge is 2.45. The van der Waals surface area contributed by atoms with E-state index in [1.807, 2.05) is 30.3 Å². The van der Waals surface area contributed by atoms with E-state index in [9.17, 15) is 14.7 Å². The SMILES string of the molecule is COCCCN1C(=O)C(=O)/C(=C(\O)c2ccc3c(c2)CCCC3)C1c1ccc(OC)cc1. The molecule has 1 heterocycles. The van der Waals surface area contributed by atoms with Crippen molar-refractivity contribution < 1.29 is 24.2 Å². The summed E-state index contributed by atoms with van der Waals surface area (Å²) < 4.78 is 10.4. The number of likely N-dealkylation sites (tertiary alicyclic amines) is 1. The second kappa shape index (κ2) is 9.57. The minimum Gasteiger partial charge on any atom is -0.507 e. The number of benzene rings is 2. The van der Waals surface area contributed by atoms with Crippen LogP contribution in [0.15, 0.2) is 48.0 Å². The summed E-state index contributed by atoms with van der Waals surface area (Å²) in [7, 11) is 3.19. The van der Waals surface area contributed by atoms with Crippen LogP contribution in [0, 0.1) is 0 Å². The van der Waals surface area contributed by atoms with Gasteiger partial charge in [0.1, 0.15) is 11.5 Å². The molecular weight excluding hydrogens is 406 g/mol. The Labute approximate surface area is 188 Å². The molecule has 0 spiro atoms. The molecule has 2 aliphatic rings. The van der Waals surface area contributed by atoms with E-state index in [2.05, 4.69) is 0 Å². The molecule has 0 radical (unpaired) electrons. The van der Waals surface area contributed by atoms with Gasteiger partial charge < -0.3 is 19.5 Å². The number of carbonyl (C=O) groups excluding carboxylic acids is 2. The van der Waals surface area contributed by atoms with Crippen molar-refractivity contribution in [2.75, 3.05) is 27.4 Å². The fourth-order valence-corrected chi connectivity index (χ4v) is 4.66. The summed E-state index contributed by atoms with van der Waals surface area (Å²) in [5.41, 5.74) is 3.96. The second-order valence-electron chi connectivity index (χ2n) is 8.30. The van der Waals surface area contributed by atoms with Gasteiger partial charge in [0.05, 0.1) is 18.7 Å². The number of aryl methyl sites for hydroxylation is 2. The molecule has 0 bridgehead atoms. The predicted octanol–water partition coefficient (Wildman–Crippen LogP) is 4.03. The lowest BCUT2D eigenvalue weighted by atomic mass is 9.88. The third-order valence-corrected chi connectivity index (χ3v) is 6.34. The summed E-state index contributed by atoms with van der Waals surface area (Å²) in [4.78, 5) is 27.6. The first-order valence-electron chi connectivity index (χ1n) is 11.1. The highest BCUT2D eigenvalue weighted by molar-refractivity contribution is 6.46. The molecule has 1 fully saturated rings. The van der Waals surface area contributed by atoms with Crippen molar-refractivity contribution in [3.63, 3.8) is 0 Å². The zero-order chi connectivity index (χ0) is 22.7. The van der Waals surface area contributed by atoms with Crippen molar-refractivity contribution in [3.05, 3.63) is 70.3 Å². The summed E-state index contributed by atoms with van der Waals surface area (Å²) in [5, 5.41) is 11.3. The molecule has 1 amide bonds. The molecule has 2 aromatic carbocycles. The van der Waals surface area contributed by atoms with Gasteiger partial charge in [-0.3, -0.25) is 9.59 Å². The Balaban J connectivity index is 1.79. The van der Waals surface area contributed by atoms with Crippen LogP contribution in [-0.4, -0.2) is 49.1 Å². The molecule has 0 aromatic heterocycles. The normalized spacial score (nSPS) is 19.8. The Bertz CT molecular complexity index is 1040. The van der Waals surface area contributed by atoms with E-state index in [0.29, 0.717) is 30.9 Å². The van der Waals surface area contributed by atoms with Crippen molar-refractivity contribution in [2.45, 2.75) is 38.1 Å². The first-order valence-corrected chi connectivity index (χ1v) is 11.1. The maximum Gasteiger partial charge on any atom is 0.295 e. The lowest BCUT2D eigenvalue weighted by Crippen LogP contribution is -2.31. The van der Waals surface area contributed by atoms with Crippen molar-refractivity contribution in [3.8, 4) is 5.75 Å². The van der Waals surface area contributed by atoms with Gasteiger partial charge >= 0.3 is 0 Å². The Morgan fingerprint density at radius 2 is 1.75 bits per heavy atom. The van der Waals surface area contributed by atoms with Gasteiger partial charge in [-0.2, -0.15) is 0 Å². The van der Waals surface area contributed by atoms with Gasteiger partial charge in [-0.25, -0.2) is 0 Å². The highest BCUT2D eigenvalue weighted by atomic mass is 16.5. The van der Waals surface area contributed by atoms with Crippen LogP contribution in [0.5, 0.6) is 5.75 Å². The van der Waals surface area contributed by atoms with Gasteiger partial charge in [-0.05, 0) is 67.0 Å². The number of methoxy groups -OCH3 is 2. The number of aliphatic hydroxyl groups excluding tert-OH is 1. The summed E-state index contributed by atoms with van der Waals surface area (Å²) in [5.74, 6) is -0.688. The Kier molecular flexibility index (Phi) is 6.61. The molecule has 1 atom stereocenters. The van der Waals surface area contributed by atoms with Crippen LogP contribution in [0.25, 0.3) is 5.76 Å². The molecule has 1 aliphatic heterocycles. The number of ketones is 1. The second-order valence-corrected chi connectivity index (χ2v) is 8.30. The van der Waals surface area contributed by atoms with Gasteiger partial charge in [0, 0.05) is 25.8 Å². The number of hydrogen-bond donors (Lipinski definition) is 1. The van der Waals surface area contributed by atoms with Crippen LogP contribution in [0.4, 0.5) is 0 Å². The van der Waals surface area contributed by atoms with Crippen LogP contribution in [0.2, 0.25) is 0 Å². The molecule has 32 heavy (non-hydrogen) atoms. The minimum atomic E-state index is -0.659. The fourth-order valence-electron chi connectivity index (χ4n) is 4.66. The topological polar surface area (TPSA) is 76.1 Å². The first kappa shape index (κ1) is 22.1. The highest BCUT2D eigenvalue weighted by Crippen LogP contribution is 2.40. The number of rotatable bonds is 7. The van der Waals surface area contributed by atoms with E-state index >= 15 is 0 Å². The first-order chi connectivity index (χ1) is 15.5. The number of fused-ring (bicyclic) bond motifs is 1. The molecule has 0 saturated carbocycles. The van der Waals surface area contributed by atoms with Gasteiger partial charge in [0.15, 0.2) is 0 Å². The standard InChI is InChI=1S/C26H29NO5/c1-31-15-5-14-27-23(18-10-12-21(32-2)13-11-18)22(25(29)26(27)30)24(28)20-9-8-17-6-3-4-7-19(17)16-20/h8-13,16,23,28H,3-7,14-15H2,1-2H3/b24-22-. The average Bonchev–Trinajstić information content (AvgIpc) is 3.08. The van der Waals surface area contributed by atoms with E-state index in [1.54, 1.807) is 26.4 Å². The number of ether oxygens (including phenoxy) is 2. The van der Waals surface area contributed by atoms with Crippen LogP contribution in [0.3, 0.4) is 0 Å². The number of hydrogen-bond acceptors (Lipinski definition) is 5. The largest absolute Gasteiger partial charge is 0.507 e. The Morgan fingerprint density at radius 3 is 2.44 bits per heavy atom. The van der Waals surface area contributed by atoms with E-state index < -0.39 is 17.7 Å². The minimum absolute atomic E-state index is 0.119. The third-order valence-electron chi connectivity index (χ3n) is 6.34. The molecule has 2 aromatic rings. The summed E-state index contributed by atoms with van der Waals surface area (Å²) >= 11 is 0.